The van der Waals surface area contributed by atoms with Crippen LogP contribution < -0.4 is 0 Å². The number of hydrogen-bond donors (Lipinski definition) is 1. The highest BCUT2D eigenvalue weighted by Crippen LogP contribution is 2.32. The van der Waals surface area contributed by atoms with Crippen molar-refractivity contribution < 1.29 is 5.11 Å². The number of aliphatic hydroxyl groups excluding tert-OH is 1. The molecule has 0 amide bonds. The molecule has 0 radical (unpaired) electrons. The summed E-state index contributed by atoms with van der Waals surface area (Å²) in [4.78, 5) is 0. The van der Waals surface area contributed by atoms with Crippen LogP contribution in [0.1, 0.15) is 56.6 Å². The highest BCUT2D eigenvalue weighted by molar-refractivity contribution is 5.81. The fraction of sp³-hybridized carbons (Fsp3) is 0.529. The summed E-state index contributed by atoms with van der Waals surface area (Å²) in [7, 11) is 0. The summed E-state index contributed by atoms with van der Waals surface area (Å²) < 4.78 is 2.46. The Morgan fingerprint density at radius 1 is 1.21 bits per heavy atom. The molecule has 102 valence electrons. The normalized spacial score (nSPS) is 18.8. The van der Waals surface area contributed by atoms with Gasteiger partial charge in [0.15, 0.2) is 0 Å². The predicted molar refractivity (Wildman–Crippen MR) is 79.6 cm³/mol. The second kappa shape index (κ2) is 5.38. The standard InChI is InChI=1S/C17H23NO/c1-13(12-19)15-8-7-14-9-10-18(17(14)11-15)16-5-3-2-4-6-16/h7-11,13,16,19H,2-6,12H2,1H3. The van der Waals surface area contributed by atoms with Crippen molar-refractivity contribution in [1.29, 1.82) is 0 Å². The first-order chi connectivity index (χ1) is 9.29. The van der Waals surface area contributed by atoms with Crippen molar-refractivity contribution in [2.24, 2.45) is 0 Å². The van der Waals surface area contributed by atoms with E-state index in [0.29, 0.717) is 6.04 Å². The van der Waals surface area contributed by atoms with E-state index in [9.17, 15) is 5.11 Å². The van der Waals surface area contributed by atoms with Gasteiger partial charge in [-0.05, 0) is 35.9 Å². The van der Waals surface area contributed by atoms with Crippen molar-refractivity contribution in [2.45, 2.75) is 51.0 Å². The zero-order chi connectivity index (χ0) is 13.2. The van der Waals surface area contributed by atoms with Gasteiger partial charge in [0, 0.05) is 30.3 Å². The fourth-order valence-corrected chi connectivity index (χ4v) is 3.26. The molecular weight excluding hydrogens is 234 g/mol. The van der Waals surface area contributed by atoms with Gasteiger partial charge in [-0.3, -0.25) is 0 Å². The summed E-state index contributed by atoms with van der Waals surface area (Å²) in [5.74, 6) is 0.221. The van der Waals surface area contributed by atoms with Crippen molar-refractivity contribution in [1.82, 2.24) is 4.57 Å². The number of benzene rings is 1. The zero-order valence-electron chi connectivity index (χ0n) is 11.7. The van der Waals surface area contributed by atoms with Crippen LogP contribution in [-0.2, 0) is 0 Å². The SMILES string of the molecule is CC(CO)c1ccc2ccn(C3CCCCC3)c2c1. The smallest absolute Gasteiger partial charge is 0.0497 e. The van der Waals surface area contributed by atoms with E-state index < -0.39 is 0 Å². The molecule has 1 N–H and O–H groups in total. The van der Waals surface area contributed by atoms with Crippen LogP contribution in [0.15, 0.2) is 30.5 Å². The average molecular weight is 257 g/mol. The molecular formula is C17H23NO. The van der Waals surface area contributed by atoms with E-state index in [1.165, 1.54) is 48.6 Å². The molecule has 19 heavy (non-hydrogen) atoms. The number of rotatable bonds is 3. The monoisotopic (exact) mass is 257 g/mol. The molecule has 2 nitrogen and oxygen atoms in total. The third kappa shape index (κ3) is 2.42. The number of nitrogens with zero attached hydrogens (tertiary/aromatic N) is 1. The Morgan fingerprint density at radius 3 is 2.74 bits per heavy atom. The van der Waals surface area contributed by atoms with E-state index in [4.69, 9.17) is 0 Å². The Bertz CT molecular complexity index is 551. The second-order valence-electron chi connectivity index (χ2n) is 5.92. The van der Waals surface area contributed by atoms with Gasteiger partial charge in [0.05, 0.1) is 0 Å². The molecule has 1 aliphatic rings. The molecule has 1 saturated carbocycles. The second-order valence-corrected chi connectivity index (χ2v) is 5.92. The third-order valence-corrected chi connectivity index (χ3v) is 4.56. The largest absolute Gasteiger partial charge is 0.396 e. The van der Waals surface area contributed by atoms with Gasteiger partial charge >= 0.3 is 0 Å². The first-order valence-electron chi connectivity index (χ1n) is 7.51. The van der Waals surface area contributed by atoms with E-state index >= 15 is 0 Å². The summed E-state index contributed by atoms with van der Waals surface area (Å²) >= 11 is 0. The molecule has 1 atom stereocenters. The van der Waals surface area contributed by atoms with Crippen LogP contribution in [0, 0.1) is 0 Å². The number of fused-ring (bicyclic) bond motifs is 1. The number of aromatic nitrogens is 1. The molecule has 1 aromatic carbocycles. The highest BCUT2D eigenvalue weighted by Gasteiger charge is 2.17. The lowest BCUT2D eigenvalue weighted by Crippen LogP contribution is -2.11. The molecule has 1 aliphatic carbocycles. The van der Waals surface area contributed by atoms with E-state index in [-0.39, 0.29) is 12.5 Å². The average Bonchev–Trinajstić information content (AvgIpc) is 2.90. The van der Waals surface area contributed by atoms with E-state index in [1.54, 1.807) is 0 Å². The molecule has 3 rings (SSSR count). The quantitative estimate of drug-likeness (QED) is 0.874. The van der Waals surface area contributed by atoms with Crippen molar-refractivity contribution >= 4 is 10.9 Å². The molecule has 1 heterocycles. The first kappa shape index (κ1) is 12.7. The lowest BCUT2D eigenvalue weighted by Gasteiger charge is -2.24. The molecule has 2 aromatic rings. The van der Waals surface area contributed by atoms with Gasteiger partial charge in [0.2, 0.25) is 0 Å². The Morgan fingerprint density at radius 2 is 2.00 bits per heavy atom. The van der Waals surface area contributed by atoms with Gasteiger partial charge in [0.1, 0.15) is 0 Å². The van der Waals surface area contributed by atoms with Crippen LogP contribution in [-0.4, -0.2) is 16.3 Å². The molecule has 1 unspecified atom stereocenters. The highest BCUT2D eigenvalue weighted by atomic mass is 16.3. The molecule has 0 saturated heterocycles. The fourth-order valence-electron chi connectivity index (χ4n) is 3.26. The Hall–Kier alpha value is -1.28. The van der Waals surface area contributed by atoms with Crippen LogP contribution in [0.25, 0.3) is 10.9 Å². The summed E-state index contributed by atoms with van der Waals surface area (Å²) in [6.07, 6.45) is 8.97. The van der Waals surface area contributed by atoms with Gasteiger partial charge in [-0.2, -0.15) is 0 Å². The number of aliphatic hydroxyl groups is 1. The first-order valence-corrected chi connectivity index (χ1v) is 7.51. The number of hydrogen-bond acceptors (Lipinski definition) is 1. The van der Waals surface area contributed by atoms with Crippen molar-refractivity contribution in [3.8, 4) is 0 Å². The van der Waals surface area contributed by atoms with Gasteiger partial charge in [0.25, 0.3) is 0 Å². The maximum absolute atomic E-state index is 9.32. The molecule has 0 bridgehead atoms. The van der Waals surface area contributed by atoms with E-state index in [0.717, 1.165) is 0 Å². The van der Waals surface area contributed by atoms with Crippen LogP contribution in [0.3, 0.4) is 0 Å². The van der Waals surface area contributed by atoms with Gasteiger partial charge in [-0.15, -0.1) is 0 Å². The predicted octanol–water partition coefficient (Wildman–Crippen LogP) is 4.24. The lowest BCUT2D eigenvalue weighted by molar-refractivity contribution is 0.273. The Kier molecular flexibility index (Phi) is 3.61. The minimum Gasteiger partial charge on any atom is -0.396 e. The third-order valence-electron chi connectivity index (χ3n) is 4.56. The van der Waals surface area contributed by atoms with Gasteiger partial charge in [-0.1, -0.05) is 38.3 Å². The summed E-state index contributed by atoms with van der Waals surface area (Å²) in [5, 5.41) is 10.6. The van der Waals surface area contributed by atoms with Crippen LogP contribution >= 0.6 is 0 Å². The van der Waals surface area contributed by atoms with Crippen molar-refractivity contribution in [3.63, 3.8) is 0 Å². The van der Waals surface area contributed by atoms with E-state index in [1.807, 2.05) is 0 Å². The molecule has 1 aromatic heterocycles. The van der Waals surface area contributed by atoms with Crippen LogP contribution in [0.4, 0.5) is 0 Å². The summed E-state index contributed by atoms with van der Waals surface area (Å²) in [6, 6.07) is 9.50. The molecule has 0 spiro atoms. The maximum atomic E-state index is 9.32. The van der Waals surface area contributed by atoms with E-state index in [2.05, 4.69) is 42.0 Å². The lowest BCUT2D eigenvalue weighted by atomic mass is 9.95. The maximum Gasteiger partial charge on any atom is 0.0497 e. The topological polar surface area (TPSA) is 25.2 Å². The molecule has 2 heteroatoms. The molecule has 1 fully saturated rings. The Labute approximate surface area is 115 Å². The van der Waals surface area contributed by atoms with Crippen LogP contribution in [0.2, 0.25) is 0 Å². The summed E-state index contributed by atoms with van der Waals surface area (Å²) in [6.45, 7) is 2.30. The minimum atomic E-state index is 0.218. The van der Waals surface area contributed by atoms with Crippen molar-refractivity contribution in [2.75, 3.05) is 6.61 Å². The van der Waals surface area contributed by atoms with Crippen molar-refractivity contribution in [3.05, 3.63) is 36.0 Å². The summed E-state index contributed by atoms with van der Waals surface area (Å²) in [5.41, 5.74) is 2.58. The minimum absolute atomic E-state index is 0.218. The van der Waals surface area contributed by atoms with Gasteiger partial charge < -0.3 is 9.67 Å². The Balaban J connectivity index is 1.99. The molecule has 0 aliphatic heterocycles. The van der Waals surface area contributed by atoms with Gasteiger partial charge in [-0.25, -0.2) is 0 Å². The van der Waals surface area contributed by atoms with Crippen LogP contribution in [0.5, 0.6) is 0 Å². The zero-order valence-corrected chi connectivity index (χ0v) is 11.7.